The number of benzene rings is 1. The van der Waals surface area contributed by atoms with Crippen molar-refractivity contribution in [2.75, 3.05) is 0 Å². The first-order valence-electron chi connectivity index (χ1n) is 10.7. The molecule has 0 N–H and O–H groups in total. The van der Waals surface area contributed by atoms with Crippen LogP contribution in [0.25, 0.3) is 5.57 Å². The van der Waals surface area contributed by atoms with E-state index in [1.807, 2.05) is 44.2 Å². The Morgan fingerprint density at radius 3 is 2.24 bits per heavy atom. The average Bonchev–Trinajstić information content (AvgIpc) is 3.02. The Kier molecular flexibility index (Phi) is 5.76. The molecule has 4 saturated carbocycles. The Hall–Kier alpha value is -1.06. The third kappa shape index (κ3) is 3.07. The van der Waals surface area contributed by atoms with E-state index in [0.717, 1.165) is 48.7 Å². The molecule has 1 unspecified atom stereocenters. The van der Waals surface area contributed by atoms with Gasteiger partial charge in [-0.1, -0.05) is 13.8 Å². The molecular formula is C25H26O3Y-2. The zero-order chi connectivity index (χ0) is 19.5. The first-order valence-corrected chi connectivity index (χ1v) is 10.7. The van der Waals surface area contributed by atoms with Crippen molar-refractivity contribution >= 4 is 17.5 Å². The summed E-state index contributed by atoms with van der Waals surface area (Å²) in [5, 5.41) is 0. The van der Waals surface area contributed by atoms with Crippen LogP contribution < -0.4 is 0 Å². The maximum absolute atomic E-state index is 12.7. The number of ether oxygens (including phenoxy) is 1. The molecule has 1 aromatic rings. The quantitative estimate of drug-likeness (QED) is 0.342. The summed E-state index contributed by atoms with van der Waals surface area (Å²) in [5.41, 5.74) is 2.04. The van der Waals surface area contributed by atoms with Crippen molar-refractivity contribution in [2.24, 2.45) is 35.0 Å². The van der Waals surface area contributed by atoms with Crippen LogP contribution >= 0.6 is 0 Å². The Morgan fingerprint density at radius 1 is 1.00 bits per heavy atom. The first-order chi connectivity index (χ1) is 13.6. The van der Waals surface area contributed by atoms with Crippen molar-refractivity contribution in [2.45, 2.75) is 46.0 Å². The summed E-state index contributed by atoms with van der Waals surface area (Å²) in [6.45, 7) is 4.00. The van der Waals surface area contributed by atoms with Crippen LogP contribution in [0.2, 0.25) is 0 Å². The Morgan fingerprint density at radius 2 is 1.66 bits per heavy atom. The van der Waals surface area contributed by atoms with E-state index < -0.39 is 11.9 Å². The van der Waals surface area contributed by atoms with Crippen molar-refractivity contribution < 1.29 is 47.0 Å². The van der Waals surface area contributed by atoms with Crippen LogP contribution in [0.4, 0.5) is 0 Å². The van der Waals surface area contributed by atoms with Crippen LogP contribution in [0.5, 0.6) is 0 Å². The second kappa shape index (κ2) is 7.89. The molecule has 4 bridgehead atoms. The summed E-state index contributed by atoms with van der Waals surface area (Å²) in [5.74, 6) is 1.20. The molecule has 4 heteroatoms. The van der Waals surface area contributed by atoms with E-state index in [4.69, 9.17) is 4.74 Å². The van der Waals surface area contributed by atoms with Crippen LogP contribution in [-0.2, 0) is 47.0 Å². The van der Waals surface area contributed by atoms with E-state index in [0.29, 0.717) is 17.4 Å². The van der Waals surface area contributed by atoms with Gasteiger partial charge < -0.3 is 4.74 Å². The SMILES string of the molecule is CC.O=C1OC(=O)C2C1=CC(c1[c-]cccc1)=[C-]C21C2CC3CC(C2)CC1C3.[Y]. The molecule has 1 saturated heterocycles. The summed E-state index contributed by atoms with van der Waals surface area (Å²) >= 11 is 0. The second-order valence-corrected chi connectivity index (χ2v) is 8.79. The predicted molar refractivity (Wildman–Crippen MR) is 105 cm³/mol. The molecule has 1 aromatic carbocycles. The van der Waals surface area contributed by atoms with Gasteiger partial charge in [0, 0.05) is 32.7 Å². The van der Waals surface area contributed by atoms with Crippen LogP contribution in [0.3, 0.4) is 0 Å². The largest absolute Gasteiger partial charge is 0.390 e. The van der Waals surface area contributed by atoms with Crippen molar-refractivity contribution in [3.63, 3.8) is 0 Å². The maximum Gasteiger partial charge on any atom is 0.329 e. The van der Waals surface area contributed by atoms with Gasteiger partial charge in [0.15, 0.2) is 0 Å². The second-order valence-electron chi connectivity index (χ2n) is 8.79. The summed E-state index contributed by atoms with van der Waals surface area (Å²) in [6.07, 6.45) is 11.6. The predicted octanol–water partition coefficient (Wildman–Crippen LogP) is 4.78. The van der Waals surface area contributed by atoms with Crippen LogP contribution in [-0.4, -0.2) is 11.9 Å². The molecule has 3 nitrogen and oxygen atoms in total. The van der Waals surface area contributed by atoms with E-state index >= 15 is 0 Å². The number of rotatable bonds is 1. The number of fused-ring (bicyclic) bond motifs is 1. The number of esters is 2. The number of allylic oxidation sites excluding steroid dienone is 3. The molecule has 29 heavy (non-hydrogen) atoms. The Labute approximate surface area is 198 Å². The molecule has 1 aliphatic heterocycles. The molecule has 0 amide bonds. The van der Waals surface area contributed by atoms with Crippen molar-refractivity contribution in [3.05, 3.63) is 53.6 Å². The monoisotopic (exact) mass is 463 g/mol. The van der Waals surface area contributed by atoms with Gasteiger partial charge in [0.2, 0.25) is 0 Å². The molecule has 1 atom stereocenters. The topological polar surface area (TPSA) is 43.4 Å². The van der Waals surface area contributed by atoms with Crippen LogP contribution in [0.1, 0.15) is 51.5 Å². The molecule has 5 fully saturated rings. The molecule has 5 aliphatic carbocycles. The summed E-state index contributed by atoms with van der Waals surface area (Å²) in [4.78, 5) is 25.2. The number of hydrogen-bond donors (Lipinski definition) is 0. The van der Waals surface area contributed by atoms with E-state index in [9.17, 15) is 9.59 Å². The summed E-state index contributed by atoms with van der Waals surface area (Å²) in [7, 11) is 0. The molecule has 0 aromatic heterocycles. The van der Waals surface area contributed by atoms with Crippen LogP contribution in [0, 0.1) is 47.1 Å². The van der Waals surface area contributed by atoms with Gasteiger partial charge in [-0.3, -0.25) is 15.9 Å². The summed E-state index contributed by atoms with van der Waals surface area (Å²) in [6, 6.07) is 11.1. The fourth-order valence-electron chi connectivity index (χ4n) is 6.89. The fraction of sp³-hybridized carbons (Fsp3) is 0.520. The van der Waals surface area contributed by atoms with Gasteiger partial charge in [0.05, 0.1) is 5.92 Å². The third-order valence-corrected chi connectivity index (χ3v) is 7.59. The van der Waals surface area contributed by atoms with E-state index in [1.54, 1.807) is 0 Å². The van der Waals surface area contributed by atoms with Crippen LogP contribution in [0.15, 0.2) is 35.9 Å². The molecule has 1 spiro atoms. The molecular weight excluding hydrogens is 437 g/mol. The van der Waals surface area contributed by atoms with E-state index in [1.165, 1.54) is 6.42 Å². The third-order valence-electron chi connectivity index (χ3n) is 7.59. The average molecular weight is 463 g/mol. The standard InChI is InChI=1S/C23H20O3.C2H6.Y/c24-21-19-11-16(15-4-2-1-3-5-15)12-23(20(19)22(25)26-21)17-7-13-6-14(9-17)10-18(23)8-13;1-2;/h1-4,11,13-14,17-18,20H,6-10H2;1-2H3;/q-2;;. The van der Waals surface area contributed by atoms with Gasteiger partial charge in [0.1, 0.15) is 0 Å². The van der Waals surface area contributed by atoms with E-state index in [2.05, 4.69) is 12.1 Å². The van der Waals surface area contributed by atoms with Gasteiger partial charge in [-0.15, -0.1) is 6.07 Å². The Balaban J connectivity index is 0.000000664. The molecule has 1 heterocycles. The zero-order valence-corrected chi connectivity index (χ0v) is 19.9. The summed E-state index contributed by atoms with van der Waals surface area (Å²) < 4.78 is 5.11. The number of cyclic esters (lactones) is 2. The van der Waals surface area contributed by atoms with E-state index in [-0.39, 0.29) is 44.1 Å². The fourth-order valence-corrected chi connectivity index (χ4v) is 6.89. The number of hydrogen-bond acceptors (Lipinski definition) is 3. The van der Waals surface area contributed by atoms with Crippen molar-refractivity contribution in [3.8, 4) is 0 Å². The first kappa shape index (κ1) is 21.2. The minimum Gasteiger partial charge on any atom is -0.390 e. The normalized spacial score (nSPS) is 38.3. The van der Waals surface area contributed by atoms with Crippen molar-refractivity contribution in [1.82, 2.24) is 0 Å². The van der Waals surface area contributed by atoms with Gasteiger partial charge in [-0.05, 0) is 66.8 Å². The van der Waals surface area contributed by atoms with Gasteiger partial charge in [-0.25, -0.2) is 23.0 Å². The molecule has 7 rings (SSSR count). The van der Waals surface area contributed by atoms with Gasteiger partial charge in [-0.2, -0.15) is 18.2 Å². The maximum atomic E-state index is 12.7. The zero-order valence-electron chi connectivity index (χ0n) is 17.1. The Bertz CT molecular complexity index is 855. The van der Waals surface area contributed by atoms with Gasteiger partial charge >= 0.3 is 11.9 Å². The van der Waals surface area contributed by atoms with Crippen molar-refractivity contribution in [1.29, 1.82) is 0 Å². The number of carbonyl (C=O) groups excluding carboxylic acids is 2. The minimum atomic E-state index is -0.455. The molecule has 6 aliphatic rings. The molecule has 1 radical (unpaired) electrons. The smallest absolute Gasteiger partial charge is 0.329 e. The molecule has 149 valence electrons. The van der Waals surface area contributed by atoms with Gasteiger partial charge in [0.25, 0.3) is 0 Å². The minimum absolute atomic E-state index is 0. The number of carbonyl (C=O) groups is 2.